The zero-order chi connectivity index (χ0) is 11.5. The zero-order valence-corrected chi connectivity index (χ0v) is 9.01. The molecule has 1 aromatic carbocycles. The Balaban J connectivity index is 2.92. The first-order chi connectivity index (χ1) is 6.94. The van der Waals surface area contributed by atoms with Gasteiger partial charge in [0.2, 0.25) is 10.0 Å². The summed E-state index contributed by atoms with van der Waals surface area (Å²) in [6.45, 7) is 0. The van der Waals surface area contributed by atoms with E-state index >= 15 is 0 Å². The first-order valence-corrected chi connectivity index (χ1v) is 5.83. The molecule has 1 rings (SSSR count). The molecule has 1 aromatic rings. The van der Waals surface area contributed by atoms with Crippen molar-refractivity contribution >= 4 is 27.3 Å². The quantitative estimate of drug-likeness (QED) is 0.787. The molecular formula is C8H7ClN2O3S. The van der Waals surface area contributed by atoms with Gasteiger partial charge >= 0.3 is 0 Å². The first kappa shape index (κ1) is 11.6. The van der Waals surface area contributed by atoms with Crippen LogP contribution in [0, 0.1) is 11.3 Å². The number of nitrogens with zero attached hydrogens (tertiary/aromatic N) is 1. The highest BCUT2D eigenvalue weighted by Gasteiger charge is 2.10. The van der Waals surface area contributed by atoms with Gasteiger partial charge in [-0.3, -0.25) is 4.72 Å². The summed E-state index contributed by atoms with van der Waals surface area (Å²) in [5.41, 5.74) is 0.202. The topological polar surface area (TPSA) is 90.2 Å². The van der Waals surface area contributed by atoms with E-state index in [2.05, 4.69) is 4.72 Å². The molecule has 0 saturated heterocycles. The van der Waals surface area contributed by atoms with Crippen LogP contribution in [0.1, 0.15) is 0 Å². The van der Waals surface area contributed by atoms with Crippen molar-refractivity contribution in [3.63, 3.8) is 0 Å². The molecule has 0 radical (unpaired) electrons. The molecule has 2 N–H and O–H groups in total. The van der Waals surface area contributed by atoms with Crippen LogP contribution in [0.2, 0.25) is 5.02 Å². The van der Waals surface area contributed by atoms with Gasteiger partial charge in [0.15, 0.2) is 5.75 Å². The number of rotatable bonds is 3. The molecule has 0 aromatic heterocycles. The number of anilines is 1. The summed E-state index contributed by atoms with van der Waals surface area (Å²) in [7, 11) is -3.67. The van der Waals surface area contributed by atoms with Crippen molar-refractivity contribution in [2.75, 3.05) is 10.5 Å². The van der Waals surface area contributed by atoms with E-state index in [9.17, 15) is 8.42 Å². The summed E-state index contributed by atoms with van der Waals surface area (Å²) < 4.78 is 24.5. The number of halogens is 1. The predicted octanol–water partition coefficient (Wildman–Crippen LogP) is 1.31. The van der Waals surface area contributed by atoms with E-state index in [1.807, 2.05) is 0 Å². The molecule has 5 nitrogen and oxygen atoms in total. The molecule has 7 heteroatoms. The zero-order valence-electron chi connectivity index (χ0n) is 7.44. The number of phenols is 1. The lowest BCUT2D eigenvalue weighted by atomic mass is 10.3. The van der Waals surface area contributed by atoms with Crippen molar-refractivity contribution in [3.05, 3.63) is 23.2 Å². The Labute approximate surface area is 92.0 Å². The van der Waals surface area contributed by atoms with Crippen molar-refractivity contribution in [2.24, 2.45) is 0 Å². The molecule has 80 valence electrons. The highest BCUT2D eigenvalue weighted by molar-refractivity contribution is 7.92. The second-order valence-electron chi connectivity index (χ2n) is 2.69. The standard InChI is InChI=1S/C8H7ClN2O3S/c9-7-5-6(1-2-8(7)12)11-15(13,14)4-3-10/h1-2,5,11-12H,4H2. The highest BCUT2D eigenvalue weighted by Crippen LogP contribution is 2.26. The fourth-order valence-electron chi connectivity index (χ4n) is 0.871. The number of sulfonamides is 1. The number of benzene rings is 1. The number of phenolic OH excluding ortho intramolecular Hbond substituents is 1. The molecule has 0 aliphatic rings. The minimum absolute atomic E-state index is 0.0344. The maximum atomic E-state index is 11.2. The maximum Gasteiger partial charge on any atom is 0.246 e. The van der Waals surface area contributed by atoms with Crippen LogP contribution in [0.3, 0.4) is 0 Å². The third-order valence-electron chi connectivity index (χ3n) is 1.48. The summed E-state index contributed by atoms with van der Waals surface area (Å²) in [5, 5.41) is 17.4. The van der Waals surface area contributed by atoms with Crippen LogP contribution in [-0.2, 0) is 10.0 Å². The van der Waals surface area contributed by atoms with Crippen LogP contribution in [0.4, 0.5) is 5.69 Å². The van der Waals surface area contributed by atoms with Gasteiger partial charge in [0.25, 0.3) is 0 Å². The smallest absolute Gasteiger partial charge is 0.246 e. The molecule has 0 aliphatic heterocycles. The minimum atomic E-state index is -3.67. The van der Waals surface area contributed by atoms with Gasteiger partial charge in [-0.1, -0.05) is 11.6 Å². The van der Waals surface area contributed by atoms with Crippen LogP contribution in [0.5, 0.6) is 5.75 Å². The lowest BCUT2D eigenvalue weighted by Crippen LogP contribution is -2.15. The van der Waals surface area contributed by atoms with Crippen LogP contribution in [-0.4, -0.2) is 19.3 Å². The van der Waals surface area contributed by atoms with Crippen molar-refractivity contribution in [1.29, 1.82) is 5.26 Å². The molecular weight excluding hydrogens is 240 g/mol. The van der Waals surface area contributed by atoms with E-state index in [0.29, 0.717) is 0 Å². The normalized spacial score (nSPS) is 10.7. The Hall–Kier alpha value is -1.45. The van der Waals surface area contributed by atoms with Gasteiger partial charge in [0.1, 0.15) is 5.75 Å². The summed E-state index contributed by atoms with van der Waals surface area (Å²) in [6, 6.07) is 5.38. The lowest BCUT2D eigenvalue weighted by molar-refractivity contribution is 0.475. The third-order valence-corrected chi connectivity index (χ3v) is 2.83. The van der Waals surface area contributed by atoms with Gasteiger partial charge in [0.05, 0.1) is 16.8 Å². The summed E-state index contributed by atoms with van der Waals surface area (Å²) in [4.78, 5) is 0. The van der Waals surface area contributed by atoms with Crippen LogP contribution in [0.25, 0.3) is 0 Å². The summed E-state index contributed by atoms with van der Waals surface area (Å²) >= 11 is 5.57. The van der Waals surface area contributed by atoms with Gasteiger partial charge in [-0.15, -0.1) is 0 Å². The molecule has 15 heavy (non-hydrogen) atoms. The Bertz CT molecular complexity index is 507. The van der Waals surface area contributed by atoms with Crippen LogP contribution < -0.4 is 4.72 Å². The van der Waals surface area contributed by atoms with Crippen LogP contribution in [0.15, 0.2) is 18.2 Å². The highest BCUT2D eigenvalue weighted by atomic mass is 35.5. The Kier molecular flexibility index (Phi) is 3.39. The van der Waals surface area contributed by atoms with Gasteiger partial charge in [-0.2, -0.15) is 5.26 Å². The SMILES string of the molecule is N#CCS(=O)(=O)Nc1ccc(O)c(Cl)c1. The lowest BCUT2D eigenvalue weighted by Gasteiger charge is -2.05. The molecule has 0 aliphatic carbocycles. The van der Waals surface area contributed by atoms with E-state index in [1.54, 1.807) is 0 Å². The van der Waals surface area contributed by atoms with Gasteiger partial charge in [-0.25, -0.2) is 8.42 Å². The van der Waals surface area contributed by atoms with Crippen molar-refractivity contribution < 1.29 is 13.5 Å². The van der Waals surface area contributed by atoms with Gasteiger partial charge < -0.3 is 5.11 Å². The number of nitriles is 1. The van der Waals surface area contributed by atoms with Crippen molar-refractivity contribution in [1.82, 2.24) is 0 Å². The largest absolute Gasteiger partial charge is 0.506 e. The number of aromatic hydroxyl groups is 1. The summed E-state index contributed by atoms with van der Waals surface area (Å²) in [5.74, 6) is -0.772. The Morgan fingerprint density at radius 3 is 2.73 bits per heavy atom. The average Bonchev–Trinajstić information content (AvgIpc) is 2.10. The monoisotopic (exact) mass is 246 g/mol. The number of nitrogens with one attached hydrogen (secondary N) is 1. The molecule has 0 spiro atoms. The molecule has 0 atom stereocenters. The molecule has 0 unspecified atom stereocenters. The number of hydrogen-bond donors (Lipinski definition) is 2. The summed E-state index contributed by atoms with van der Waals surface area (Å²) in [6.07, 6.45) is 0. The maximum absolute atomic E-state index is 11.2. The van der Waals surface area contributed by atoms with E-state index in [0.717, 1.165) is 0 Å². The number of hydrogen-bond acceptors (Lipinski definition) is 4. The third kappa shape index (κ3) is 3.31. The molecule has 0 fully saturated rings. The van der Waals surface area contributed by atoms with Crippen molar-refractivity contribution in [3.8, 4) is 11.8 Å². The predicted molar refractivity (Wildman–Crippen MR) is 56.1 cm³/mol. The van der Waals surface area contributed by atoms with Gasteiger partial charge in [-0.05, 0) is 18.2 Å². The molecule has 0 saturated carbocycles. The van der Waals surface area contributed by atoms with E-state index in [4.69, 9.17) is 22.0 Å². The molecule has 0 amide bonds. The van der Waals surface area contributed by atoms with E-state index in [-0.39, 0.29) is 16.5 Å². The fourth-order valence-corrected chi connectivity index (χ4v) is 1.78. The second kappa shape index (κ2) is 4.38. The average molecular weight is 247 g/mol. The second-order valence-corrected chi connectivity index (χ2v) is 4.81. The van der Waals surface area contributed by atoms with E-state index < -0.39 is 15.8 Å². The van der Waals surface area contributed by atoms with Crippen molar-refractivity contribution in [2.45, 2.75) is 0 Å². The van der Waals surface area contributed by atoms with E-state index in [1.165, 1.54) is 24.3 Å². The Morgan fingerprint density at radius 2 is 2.20 bits per heavy atom. The Morgan fingerprint density at radius 1 is 1.53 bits per heavy atom. The fraction of sp³-hybridized carbons (Fsp3) is 0.125. The molecule has 0 heterocycles. The van der Waals surface area contributed by atoms with Gasteiger partial charge in [0, 0.05) is 0 Å². The first-order valence-electron chi connectivity index (χ1n) is 3.80. The van der Waals surface area contributed by atoms with Crippen LogP contribution >= 0.6 is 11.6 Å². The minimum Gasteiger partial charge on any atom is -0.506 e. The molecule has 0 bridgehead atoms.